The van der Waals surface area contributed by atoms with Gasteiger partial charge in [0.15, 0.2) is 0 Å². The van der Waals surface area contributed by atoms with Crippen molar-refractivity contribution in [2.75, 3.05) is 20.6 Å². The Hall–Kier alpha value is -1.06. The van der Waals surface area contributed by atoms with Crippen molar-refractivity contribution in [2.45, 2.75) is 18.8 Å². The molecule has 0 aliphatic rings. The quantitative estimate of drug-likeness (QED) is 0.780. The van der Waals surface area contributed by atoms with Crippen LogP contribution in [0.2, 0.25) is 0 Å². The van der Waals surface area contributed by atoms with Gasteiger partial charge in [-0.1, -0.05) is 12.1 Å². The number of aromatic nitrogens is 2. The minimum absolute atomic E-state index is 0.0652. The smallest absolute Gasteiger partial charge is 0.127 e. The first kappa shape index (κ1) is 12.4. The highest BCUT2D eigenvalue weighted by molar-refractivity contribution is 6.20. The average Bonchev–Trinajstić information content (AvgIpc) is 2.65. The van der Waals surface area contributed by atoms with E-state index in [-0.39, 0.29) is 5.38 Å². The lowest BCUT2D eigenvalue weighted by molar-refractivity contribution is 0.383. The molecule has 0 spiro atoms. The zero-order chi connectivity index (χ0) is 12.4. The van der Waals surface area contributed by atoms with Gasteiger partial charge in [-0.2, -0.15) is 0 Å². The van der Waals surface area contributed by atoms with Crippen LogP contribution in [0.25, 0.3) is 11.0 Å². The van der Waals surface area contributed by atoms with Crippen molar-refractivity contribution in [1.29, 1.82) is 0 Å². The van der Waals surface area contributed by atoms with Crippen LogP contribution >= 0.6 is 11.6 Å². The molecular formula is C13H18ClN3. The van der Waals surface area contributed by atoms with Crippen LogP contribution in [0.1, 0.15) is 18.1 Å². The standard InChI is InChI=1S/C13H18ClN3/c1-10(14)13-15-11-6-4-5-7-12(11)17(13)9-8-16(2)3/h4-7,10H,8-9H2,1-3H3. The molecule has 4 heteroatoms. The molecule has 2 rings (SSSR count). The van der Waals surface area contributed by atoms with E-state index in [1.54, 1.807) is 0 Å². The number of halogens is 1. The van der Waals surface area contributed by atoms with Gasteiger partial charge in [-0.3, -0.25) is 0 Å². The summed E-state index contributed by atoms with van der Waals surface area (Å²) in [5.74, 6) is 0.953. The number of benzene rings is 1. The highest BCUT2D eigenvalue weighted by Gasteiger charge is 2.14. The van der Waals surface area contributed by atoms with Gasteiger partial charge in [-0.25, -0.2) is 4.98 Å². The highest BCUT2D eigenvalue weighted by Crippen LogP contribution is 2.24. The first-order valence-electron chi connectivity index (χ1n) is 5.83. The fraction of sp³-hybridized carbons (Fsp3) is 0.462. The van der Waals surface area contributed by atoms with Crippen molar-refractivity contribution in [3.8, 4) is 0 Å². The van der Waals surface area contributed by atoms with Crippen LogP contribution in [0.15, 0.2) is 24.3 Å². The van der Waals surface area contributed by atoms with Crippen LogP contribution in [0.3, 0.4) is 0 Å². The van der Waals surface area contributed by atoms with E-state index >= 15 is 0 Å². The second kappa shape index (κ2) is 5.07. The van der Waals surface area contributed by atoms with E-state index < -0.39 is 0 Å². The largest absolute Gasteiger partial charge is 0.325 e. The lowest BCUT2D eigenvalue weighted by atomic mass is 10.3. The average molecular weight is 252 g/mol. The fourth-order valence-corrected chi connectivity index (χ4v) is 2.10. The summed E-state index contributed by atoms with van der Waals surface area (Å²) in [6.45, 7) is 3.87. The number of para-hydroxylation sites is 2. The summed E-state index contributed by atoms with van der Waals surface area (Å²) in [6.07, 6.45) is 0. The molecule has 1 heterocycles. The van der Waals surface area contributed by atoms with Crippen LogP contribution in [-0.2, 0) is 6.54 Å². The molecule has 0 amide bonds. The number of alkyl halides is 1. The Balaban J connectivity index is 2.44. The summed E-state index contributed by atoms with van der Waals surface area (Å²) in [5.41, 5.74) is 2.19. The summed E-state index contributed by atoms with van der Waals surface area (Å²) < 4.78 is 2.22. The molecule has 0 radical (unpaired) electrons. The van der Waals surface area contributed by atoms with Gasteiger partial charge in [0, 0.05) is 13.1 Å². The third kappa shape index (κ3) is 2.61. The van der Waals surface area contributed by atoms with E-state index in [0.717, 1.165) is 29.9 Å². The molecule has 1 aromatic heterocycles. The number of nitrogens with zero attached hydrogens (tertiary/aromatic N) is 3. The van der Waals surface area contributed by atoms with E-state index in [2.05, 4.69) is 34.6 Å². The third-order valence-electron chi connectivity index (χ3n) is 2.81. The van der Waals surface area contributed by atoms with Gasteiger partial charge in [-0.05, 0) is 33.2 Å². The number of imidazole rings is 1. The van der Waals surface area contributed by atoms with E-state index in [1.165, 1.54) is 0 Å². The lowest BCUT2D eigenvalue weighted by Crippen LogP contribution is -2.19. The predicted molar refractivity (Wildman–Crippen MR) is 72.6 cm³/mol. The molecule has 1 aromatic carbocycles. The van der Waals surface area contributed by atoms with Crippen molar-refractivity contribution in [1.82, 2.24) is 14.5 Å². The molecule has 0 N–H and O–H groups in total. The summed E-state index contributed by atoms with van der Waals surface area (Å²) in [5, 5.41) is -0.0652. The molecule has 1 atom stereocenters. The zero-order valence-electron chi connectivity index (χ0n) is 10.5. The second-order valence-corrected chi connectivity index (χ2v) is 5.18. The summed E-state index contributed by atoms with van der Waals surface area (Å²) >= 11 is 6.20. The summed E-state index contributed by atoms with van der Waals surface area (Å²) in [7, 11) is 4.14. The van der Waals surface area contributed by atoms with E-state index in [9.17, 15) is 0 Å². The van der Waals surface area contributed by atoms with Crippen molar-refractivity contribution in [3.05, 3.63) is 30.1 Å². The van der Waals surface area contributed by atoms with Crippen molar-refractivity contribution < 1.29 is 0 Å². The van der Waals surface area contributed by atoms with Crippen molar-refractivity contribution >= 4 is 22.6 Å². The minimum atomic E-state index is -0.0652. The van der Waals surface area contributed by atoms with Gasteiger partial charge < -0.3 is 9.47 Å². The van der Waals surface area contributed by atoms with E-state index in [4.69, 9.17) is 11.6 Å². The monoisotopic (exact) mass is 251 g/mol. The molecule has 0 aliphatic carbocycles. The second-order valence-electron chi connectivity index (χ2n) is 4.53. The third-order valence-corrected chi connectivity index (χ3v) is 3.01. The molecule has 3 nitrogen and oxygen atoms in total. The van der Waals surface area contributed by atoms with Gasteiger partial charge in [-0.15, -0.1) is 11.6 Å². The first-order chi connectivity index (χ1) is 8.09. The number of rotatable bonds is 4. The van der Waals surface area contributed by atoms with Crippen molar-refractivity contribution in [3.63, 3.8) is 0 Å². The Morgan fingerprint density at radius 2 is 2.06 bits per heavy atom. The molecule has 0 aliphatic heterocycles. The molecule has 0 fully saturated rings. The van der Waals surface area contributed by atoms with Crippen molar-refractivity contribution in [2.24, 2.45) is 0 Å². The minimum Gasteiger partial charge on any atom is -0.325 e. The topological polar surface area (TPSA) is 21.1 Å². The maximum atomic E-state index is 6.20. The molecule has 2 aromatic rings. The van der Waals surface area contributed by atoms with Gasteiger partial charge in [0.1, 0.15) is 5.82 Å². The summed E-state index contributed by atoms with van der Waals surface area (Å²) in [6, 6.07) is 8.18. The highest BCUT2D eigenvalue weighted by atomic mass is 35.5. The Bertz CT molecular complexity index is 502. The van der Waals surface area contributed by atoms with E-state index in [0.29, 0.717) is 0 Å². The Morgan fingerprint density at radius 1 is 1.35 bits per heavy atom. The zero-order valence-corrected chi connectivity index (χ0v) is 11.3. The number of hydrogen-bond donors (Lipinski definition) is 0. The molecule has 92 valence electrons. The number of likely N-dealkylation sites (N-methyl/N-ethyl adjacent to an activating group) is 1. The van der Waals surface area contributed by atoms with Crippen LogP contribution in [-0.4, -0.2) is 35.1 Å². The molecule has 0 saturated heterocycles. The Kier molecular flexibility index (Phi) is 3.69. The van der Waals surface area contributed by atoms with E-state index in [1.807, 2.05) is 25.1 Å². The molecular weight excluding hydrogens is 234 g/mol. The maximum absolute atomic E-state index is 6.20. The molecule has 17 heavy (non-hydrogen) atoms. The van der Waals surface area contributed by atoms with Crippen LogP contribution in [0.5, 0.6) is 0 Å². The van der Waals surface area contributed by atoms with Crippen LogP contribution in [0, 0.1) is 0 Å². The van der Waals surface area contributed by atoms with Gasteiger partial charge in [0.2, 0.25) is 0 Å². The fourth-order valence-electron chi connectivity index (χ4n) is 1.93. The molecule has 0 bridgehead atoms. The SMILES string of the molecule is CC(Cl)c1nc2ccccc2n1CCN(C)C. The number of hydrogen-bond acceptors (Lipinski definition) is 2. The van der Waals surface area contributed by atoms with Gasteiger partial charge in [0.25, 0.3) is 0 Å². The molecule has 0 saturated carbocycles. The lowest BCUT2D eigenvalue weighted by Gasteiger charge is -2.14. The van der Waals surface area contributed by atoms with Gasteiger partial charge >= 0.3 is 0 Å². The first-order valence-corrected chi connectivity index (χ1v) is 6.27. The van der Waals surface area contributed by atoms with Crippen LogP contribution in [0.4, 0.5) is 0 Å². The summed E-state index contributed by atoms with van der Waals surface area (Å²) in [4.78, 5) is 6.77. The van der Waals surface area contributed by atoms with Gasteiger partial charge in [0.05, 0.1) is 16.4 Å². The maximum Gasteiger partial charge on any atom is 0.127 e. The number of fused-ring (bicyclic) bond motifs is 1. The predicted octanol–water partition coefficient (Wildman–Crippen LogP) is 2.90. The Morgan fingerprint density at radius 3 is 2.71 bits per heavy atom. The molecule has 1 unspecified atom stereocenters. The Labute approximate surface area is 107 Å². The van der Waals surface area contributed by atoms with Crippen LogP contribution < -0.4 is 0 Å². The normalized spacial score (nSPS) is 13.5.